The number of para-hydroxylation sites is 1. The van der Waals surface area contributed by atoms with Gasteiger partial charge in [0.25, 0.3) is 0 Å². The average molecular weight is 564 g/mol. The molecule has 6 aromatic rings. The quantitative estimate of drug-likeness (QED) is 0.131. The summed E-state index contributed by atoms with van der Waals surface area (Å²) in [6.07, 6.45) is 8.61. The number of ketones is 1. The smallest absolute Gasteiger partial charge is 0.168 e. The average Bonchev–Trinajstić information content (AvgIpc) is 3.67. The molecule has 7 rings (SSSR count). The highest BCUT2D eigenvalue weighted by Crippen LogP contribution is 2.43. The zero-order valence-electron chi connectivity index (χ0n) is 24.7. The number of fused-ring (bicyclic) bond motifs is 2. The van der Waals surface area contributed by atoms with E-state index in [-0.39, 0.29) is 11.7 Å². The van der Waals surface area contributed by atoms with Gasteiger partial charge in [0, 0.05) is 40.8 Å². The lowest BCUT2D eigenvalue weighted by Crippen LogP contribution is -2.39. The first-order valence-electron chi connectivity index (χ1n) is 15.6. The highest BCUT2D eigenvalue weighted by Gasteiger charge is 2.42. The third-order valence-corrected chi connectivity index (χ3v) is 9.24. The molecule has 4 aromatic carbocycles. The maximum Gasteiger partial charge on any atom is 0.168 e. The number of benzene rings is 4. The van der Waals surface area contributed by atoms with Crippen LogP contribution in [0.4, 0.5) is 0 Å². The number of rotatable bonds is 9. The monoisotopic (exact) mass is 563 g/mol. The van der Waals surface area contributed by atoms with Crippen LogP contribution in [0.25, 0.3) is 10.9 Å². The van der Waals surface area contributed by atoms with Gasteiger partial charge in [-0.05, 0) is 48.4 Å². The summed E-state index contributed by atoms with van der Waals surface area (Å²) in [5.41, 5.74) is 7.12. The van der Waals surface area contributed by atoms with Crippen LogP contribution in [0.3, 0.4) is 0 Å². The van der Waals surface area contributed by atoms with Gasteiger partial charge in [-0.3, -0.25) is 4.79 Å². The second kappa shape index (κ2) is 11.5. The van der Waals surface area contributed by atoms with Gasteiger partial charge in [0.05, 0.1) is 12.0 Å². The molecule has 1 atom stereocenters. The minimum Gasteiger partial charge on any atom is -0.347 e. The van der Waals surface area contributed by atoms with Crippen molar-refractivity contribution in [2.75, 3.05) is 0 Å². The number of hydrogen-bond acceptors (Lipinski definition) is 2. The second-order valence-electron chi connectivity index (χ2n) is 11.7. The summed E-state index contributed by atoms with van der Waals surface area (Å²) in [6, 6.07) is 40.5. The highest BCUT2D eigenvalue weighted by atomic mass is 16.1. The molecule has 0 fully saturated rings. The van der Waals surface area contributed by atoms with Crippen molar-refractivity contribution in [1.29, 1.82) is 0 Å². The summed E-state index contributed by atoms with van der Waals surface area (Å²) in [4.78, 5) is 19.4. The van der Waals surface area contributed by atoms with E-state index in [1.54, 1.807) is 0 Å². The van der Waals surface area contributed by atoms with Gasteiger partial charge in [0.2, 0.25) is 0 Å². The van der Waals surface area contributed by atoms with Gasteiger partial charge in [-0.25, -0.2) is 4.98 Å². The third kappa shape index (κ3) is 4.62. The van der Waals surface area contributed by atoms with Crippen LogP contribution < -0.4 is 0 Å². The molecule has 2 aromatic heterocycles. The third-order valence-electron chi connectivity index (χ3n) is 9.24. The molecule has 0 N–H and O–H groups in total. The van der Waals surface area contributed by atoms with Crippen LogP contribution in [0.15, 0.2) is 128 Å². The van der Waals surface area contributed by atoms with Crippen molar-refractivity contribution < 1.29 is 4.79 Å². The Bertz CT molecular complexity index is 1750. The van der Waals surface area contributed by atoms with E-state index in [0.717, 1.165) is 60.1 Å². The Balaban J connectivity index is 1.36. The van der Waals surface area contributed by atoms with E-state index >= 15 is 0 Å². The van der Waals surface area contributed by atoms with Crippen molar-refractivity contribution in [3.63, 3.8) is 0 Å². The Hall–Kier alpha value is -4.70. The largest absolute Gasteiger partial charge is 0.347 e. The molecule has 0 aliphatic heterocycles. The standard InChI is InChI=1S/C39H37N3O/c1-2-3-25-41-27-34(33-21-13-14-22-36(33)41)38(43)29-23-24-35-37(26-29)42(28-40-35)39(30-15-7-4-8-16-30,31-17-9-5-10-18-31)32-19-11-6-12-20-32/h4-22,27-29H,2-3,23-26H2,1H3. The summed E-state index contributed by atoms with van der Waals surface area (Å²) in [6.45, 7) is 3.14. The van der Waals surface area contributed by atoms with E-state index in [2.05, 4.69) is 131 Å². The number of unbranched alkanes of at least 4 members (excludes halogenated alkanes) is 1. The molecule has 0 spiro atoms. The van der Waals surface area contributed by atoms with Gasteiger partial charge in [0.15, 0.2) is 5.78 Å². The Morgan fingerprint density at radius 2 is 1.40 bits per heavy atom. The molecule has 2 heterocycles. The number of aryl methyl sites for hydroxylation is 2. The van der Waals surface area contributed by atoms with Gasteiger partial charge < -0.3 is 9.13 Å². The van der Waals surface area contributed by atoms with Crippen LogP contribution in [0.5, 0.6) is 0 Å². The van der Waals surface area contributed by atoms with Crippen molar-refractivity contribution in [3.05, 3.63) is 161 Å². The molecule has 0 radical (unpaired) electrons. The molecule has 0 saturated heterocycles. The number of carbonyl (C=O) groups excluding carboxylic acids is 1. The SMILES string of the molecule is CCCCn1cc(C(=O)C2CCc3ncn(C(c4ccccc4)(c4ccccc4)c4ccccc4)c3C2)c2ccccc21. The molecule has 4 nitrogen and oxygen atoms in total. The maximum atomic E-state index is 14.4. The minimum atomic E-state index is -0.633. The van der Waals surface area contributed by atoms with Crippen molar-refractivity contribution in [2.45, 2.75) is 51.1 Å². The molecule has 0 amide bonds. The van der Waals surface area contributed by atoms with Crippen LogP contribution in [0.1, 0.15) is 64.6 Å². The van der Waals surface area contributed by atoms with Gasteiger partial charge >= 0.3 is 0 Å². The van der Waals surface area contributed by atoms with E-state index < -0.39 is 5.54 Å². The fraction of sp³-hybridized carbons (Fsp3) is 0.231. The Morgan fingerprint density at radius 1 is 0.814 bits per heavy atom. The van der Waals surface area contributed by atoms with Crippen LogP contribution in [-0.2, 0) is 24.9 Å². The predicted octanol–water partition coefficient (Wildman–Crippen LogP) is 8.47. The molecule has 1 aliphatic carbocycles. The van der Waals surface area contributed by atoms with Gasteiger partial charge in [0.1, 0.15) is 5.54 Å². The van der Waals surface area contributed by atoms with E-state index in [1.165, 1.54) is 16.7 Å². The lowest BCUT2D eigenvalue weighted by Gasteiger charge is -2.39. The van der Waals surface area contributed by atoms with Crippen molar-refractivity contribution >= 4 is 16.7 Å². The minimum absolute atomic E-state index is 0.103. The summed E-state index contributed by atoms with van der Waals surface area (Å²) < 4.78 is 4.64. The fourth-order valence-corrected chi connectivity index (χ4v) is 7.13. The number of Topliss-reactive ketones (excluding diaryl/α,β-unsaturated/α-hetero) is 1. The lowest BCUT2D eigenvalue weighted by atomic mass is 9.75. The van der Waals surface area contributed by atoms with E-state index in [4.69, 9.17) is 4.98 Å². The van der Waals surface area contributed by atoms with Crippen LogP contribution in [0, 0.1) is 5.92 Å². The molecular weight excluding hydrogens is 526 g/mol. The summed E-state index contributed by atoms with van der Waals surface area (Å²) in [5.74, 6) is 0.142. The fourth-order valence-electron chi connectivity index (χ4n) is 7.13. The molecule has 43 heavy (non-hydrogen) atoms. The van der Waals surface area contributed by atoms with E-state index in [9.17, 15) is 4.79 Å². The molecule has 0 saturated carbocycles. The topological polar surface area (TPSA) is 39.8 Å². The number of imidazole rings is 1. The van der Waals surface area contributed by atoms with Crippen LogP contribution in [0.2, 0.25) is 0 Å². The van der Waals surface area contributed by atoms with Crippen molar-refractivity contribution in [1.82, 2.24) is 14.1 Å². The molecule has 4 heteroatoms. The van der Waals surface area contributed by atoms with Crippen molar-refractivity contribution in [2.24, 2.45) is 5.92 Å². The predicted molar refractivity (Wildman–Crippen MR) is 174 cm³/mol. The Labute approximate surface area is 253 Å². The highest BCUT2D eigenvalue weighted by molar-refractivity contribution is 6.09. The Kier molecular flexibility index (Phi) is 7.28. The number of carbonyl (C=O) groups is 1. The zero-order chi connectivity index (χ0) is 29.2. The zero-order valence-corrected chi connectivity index (χ0v) is 24.7. The first kappa shape index (κ1) is 27.2. The summed E-state index contributed by atoms with van der Waals surface area (Å²) in [7, 11) is 0. The van der Waals surface area contributed by atoms with Gasteiger partial charge in [-0.1, -0.05) is 123 Å². The first-order valence-corrected chi connectivity index (χ1v) is 15.6. The van der Waals surface area contributed by atoms with Crippen LogP contribution >= 0.6 is 0 Å². The molecular formula is C39H37N3O. The molecule has 1 aliphatic rings. The number of nitrogens with zero attached hydrogens (tertiary/aromatic N) is 3. The summed E-state index contributed by atoms with van der Waals surface area (Å²) in [5, 5.41) is 1.06. The van der Waals surface area contributed by atoms with Gasteiger partial charge in [-0.15, -0.1) is 0 Å². The second-order valence-corrected chi connectivity index (χ2v) is 11.7. The molecule has 0 bridgehead atoms. The van der Waals surface area contributed by atoms with E-state index in [1.807, 2.05) is 12.4 Å². The first-order chi connectivity index (χ1) is 21.2. The maximum absolute atomic E-state index is 14.4. The van der Waals surface area contributed by atoms with Crippen LogP contribution in [-0.4, -0.2) is 19.9 Å². The van der Waals surface area contributed by atoms with Gasteiger partial charge in [-0.2, -0.15) is 0 Å². The van der Waals surface area contributed by atoms with Crippen molar-refractivity contribution in [3.8, 4) is 0 Å². The normalized spacial score (nSPS) is 15.0. The van der Waals surface area contributed by atoms with E-state index in [0.29, 0.717) is 6.42 Å². The summed E-state index contributed by atoms with van der Waals surface area (Å²) >= 11 is 0. The number of hydrogen-bond donors (Lipinski definition) is 0. The number of aromatic nitrogens is 3. The molecule has 214 valence electrons. The molecule has 1 unspecified atom stereocenters. The Morgan fingerprint density at radius 3 is 2.00 bits per heavy atom. The lowest BCUT2D eigenvalue weighted by molar-refractivity contribution is 0.0908.